The molecule has 0 bridgehead atoms. The van der Waals surface area contributed by atoms with E-state index in [4.69, 9.17) is 9.47 Å². The monoisotopic (exact) mass is 416 g/mol. The van der Waals surface area contributed by atoms with Crippen molar-refractivity contribution in [3.63, 3.8) is 0 Å². The van der Waals surface area contributed by atoms with Crippen LogP contribution in [0.5, 0.6) is 11.6 Å². The van der Waals surface area contributed by atoms with E-state index in [2.05, 4.69) is 9.88 Å². The van der Waals surface area contributed by atoms with Gasteiger partial charge in [0.25, 0.3) is 11.6 Å². The maximum absolute atomic E-state index is 13.0. The lowest BCUT2D eigenvalue weighted by Crippen LogP contribution is -2.50. The molecule has 1 amide bonds. The molecule has 162 valence electrons. The number of hydrogen-bond donors (Lipinski definition) is 1. The second kappa shape index (κ2) is 9.06. The van der Waals surface area contributed by atoms with Gasteiger partial charge in [-0.3, -0.25) is 9.59 Å². The van der Waals surface area contributed by atoms with E-state index in [9.17, 15) is 14.8 Å². The summed E-state index contributed by atoms with van der Waals surface area (Å²) in [6.45, 7) is 6.01. The van der Waals surface area contributed by atoms with E-state index < -0.39 is 11.5 Å². The molecular weight excluding hydrogens is 388 g/mol. The van der Waals surface area contributed by atoms with Gasteiger partial charge in [0.1, 0.15) is 5.75 Å². The van der Waals surface area contributed by atoms with Crippen molar-refractivity contribution in [1.29, 1.82) is 0 Å². The Morgan fingerprint density at radius 1 is 1.13 bits per heavy atom. The molecule has 3 rings (SSSR count). The Morgan fingerprint density at radius 3 is 2.30 bits per heavy atom. The number of amides is 1. The van der Waals surface area contributed by atoms with Crippen molar-refractivity contribution in [2.45, 2.75) is 20.3 Å². The summed E-state index contributed by atoms with van der Waals surface area (Å²) in [4.78, 5) is 31.8. The number of H-pyrrole nitrogens is 1. The minimum Gasteiger partial charge on any atom is -0.616 e. The van der Waals surface area contributed by atoms with Crippen LogP contribution in [0, 0.1) is 11.1 Å². The van der Waals surface area contributed by atoms with Crippen LogP contribution >= 0.6 is 0 Å². The summed E-state index contributed by atoms with van der Waals surface area (Å²) in [7, 11) is 2.94. The number of anilines is 1. The maximum Gasteiger partial charge on any atom is 0.409 e. The van der Waals surface area contributed by atoms with Gasteiger partial charge in [0.05, 0.1) is 14.2 Å². The molecule has 1 fully saturated rings. The number of nitrogens with one attached hydrogen (secondary N) is 1. The van der Waals surface area contributed by atoms with E-state index >= 15 is 0 Å². The minimum absolute atomic E-state index is 0.0442. The number of carbonyl (C=O) groups excluding carboxylic acids is 1. The molecule has 0 radical (unpaired) electrons. The van der Waals surface area contributed by atoms with Crippen molar-refractivity contribution in [1.82, 2.24) is 9.88 Å². The number of hydrogen-bond acceptors (Lipinski definition) is 6. The first kappa shape index (κ1) is 21.5. The Hall–Kier alpha value is -3.23. The normalized spacial score (nSPS) is 14.2. The molecule has 0 aliphatic carbocycles. The van der Waals surface area contributed by atoms with E-state index in [-0.39, 0.29) is 23.2 Å². The van der Waals surface area contributed by atoms with E-state index in [0.717, 1.165) is 11.4 Å². The smallest absolute Gasteiger partial charge is 0.409 e. The topological polar surface area (TPSA) is 102 Å². The molecular formula is C21H28N4O5. The Bertz CT molecular complexity index is 947. The van der Waals surface area contributed by atoms with Gasteiger partial charge in [-0.25, -0.2) is 0 Å². The third-order valence-electron chi connectivity index (χ3n) is 5.16. The lowest BCUT2D eigenvalue weighted by atomic mass is 10.1. The summed E-state index contributed by atoms with van der Waals surface area (Å²) in [6.07, 6.45) is 0.296. The largest absolute Gasteiger partial charge is 0.616 e. The van der Waals surface area contributed by atoms with Gasteiger partial charge in [0.15, 0.2) is 0 Å². The third-order valence-corrected chi connectivity index (χ3v) is 5.16. The molecule has 1 aliphatic heterocycles. The van der Waals surface area contributed by atoms with Crippen molar-refractivity contribution in [3.05, 3.63) is 51.2 Å². The van der Waals surface area contributed by atoms with Crippen LogP contribution < -0.4 is 24.7 Å². The average molecular weight is 416 g/mol. The first-order valence-electron chi connectivity index (χ1n) is 9.96. The fourth-order valence-corrected chi connectivity index (χ4v) is 3.57. The number of nitrogens with zero attached hydrogens (tertiary/aromatic N) is 3. The minimum atomic E-state index is -0.556. The molecule has 9 nitrogen and oxygen atoms in total. The SMILES string of the molecule is COc1ccc(N2CCN(C(=O)c3[nH]c(=O)c(CC(C)C)[n+]([O-])c3OC)CC2)cc1. The van der Waals surface area contributed by atoms with E-state index in [1.807, 2.05) is 38.1 Å². The van der Waals surface area contributed by atoms with Gasteiger partial charge in [0, 0.05) is 38.3 Å². The predicted octanol–water partition coefficient (Wildman–Crippen LogP) is 1.19. The standard InChI is InChI=1S/C21H28N4O5/c1-14(2)13-17-19(26)22-18(21(30-4)25(17)28)20(27)24-11-9-23(10-12-24)15-5-7-16(29-3)8-6-15/h5-8,14H,9-13H2,1-4H3,(H,22,26). The van der Waals surface area contributed by atoms with Crippen molar-refractivity contribution in [3.8, 4) is 11.6 Å². The Labute approximate surface area is 175 Å². The van der Waals surface area contributed by atoms with Crippen LogP contribution in [-0.4, -0.2) is 56.2 Å². The fourth-order valence-electron chi connectivity index (χ4n) is 3.57. The number of benzene rings is 1. The number of aromatic nitrogens is 2. The first-order chi connectivity index (χ1) is 14.3. The van der Waals surface area contributed by atoms with E-state index in [1.165, 1.54) is 7.11 Å². The van der Waals surface area contributed by atoms with Crippen molar-refractivity contribution in [2.24, 2.45) is 5.92 Å². The Morgan fingerprint density at radius 2 is 1.77 bits per heavy atom. The van der Waals surface area contributed by atoms with Gasteiger partial charge in [-0.15, -0.1) is 4.73 Å². The highest BCUT2D eigenvalue weighted by Crippen LogP contribution is 2.21. The summed E-state index contributed by atoms with van der Waals surface area (Å²) >= 11 is 0. The molecule has 9 heteroatoms. The van der Waals surface area contributed by atoms with Crippen LogP contribution in [0.15, 0.2) is 29.1 Å². The van der Waals surface area contributed by atoms with Crippen LogP contribution in [0.1, 0.15) is 30.0 Å². The van der Waals surface area contributed by atoms with E-state index in [1.54, 1.807) is 12.0 Å². The van der Waals surface area contributed by atoms with Crippen LogP contribution in [0.3, 0.4) is 0 Å². The average Bonchev–Trinajstić information content (AvgIpc) is 2.76. The van der Waals surface area contributed by atoms with Crippen LogP contribution in [-0.2, 0) is 6.42 Å². The highest BCUT2D eigenvalue weighted by atomic mass is 16.5. The third kappa shape index (κ3) is 4.34. The van der Waals surface area contributed by atoms with Gasteiger partial charge in [-0.2, -0.15) is 0 Å². The summed E-state index contributed by atoms with van der Waals surface area (Å²) < 4.78 is 10.8. The molecule has 1 aliphatic rings. The molecule has 0 saturated carbocycles. The Balaban J connectivity index is 1.76. The number of methoxy groups -OCH3 is 2. The number of rotatable bonds is 6. The van der Waals surface area contributed by atoms with Gasteiger partial charge in [-0.05, 0) is 30.2 Å². The quantitative estimate of drug-likeness (QED) is 0.561. The predicted molar refractivity (Wildman–Crippen MR) is 112 cm³/mol. The lowest BCUT2D eigenvalue weighted by Gasteiger charge is -2.36. The van der Waals surface area contributed by atoms with Gasteiger partial charge in [0.2, 0.25) is 5.69 Å². The van der Waals surface area contributed by atoms with Gasteiger partial charge in [-0.1, -0.05) is 13.8 Å². The van der Waals surface area contributed by atoms with Gasteiger partial charge >= 0.3 is 11.4 Å². The number of ether oxygens (including phenoxy) is 2. The molecule has 1 aromatic heterocycles. The maximum atomic E-state index is 13.0. The second-order valence-electron chi connectivity index (χ2n) is 7.65. The molecule has 0 unspecified atom stereocenters. The molecule has 30 heavy (non-hydrogen) atoms. The summed E-state index contributed by atoms with van der Waals surface area (Å²) in [5, 5.41) is 12.6. The van der Waals surface area contributed by atoms with Crippen molar-refractivity contribution >= 4 is 11.6 Å². The molecule has 0 atom stereocenters. The van der Waals surface area contributed by atoms with Crippen molar-refractivity contribution in [2.75, 3.05) is 45.3 Å². The summed E-state index contributed by atoms with van der Waals surface area (Å²) in [5.74, 6) is 0.311. The van der Waals surface area contributed by atoms with E-state index in [0.29, 0.717) is 37.3 Å². The molecule has 2 aromatic rings. The second-order valence-corrected chi connectivity index (χ2v) is 7.65. The molecule has 0 spiro atoms. The lowest BCUT2D eigenvalue weighted by molar-refractivity contribution is -0.622. The summed E-state index contributed by atoms with van der Waals surface area (Å²) in [5.41, 5.74) is 0.426. The fraction of sp³-hybridized carbons (Fsp3) is 0.476. The van der Waals surface area contributed by atoms with Crippen molar-refractivity contribution < 1.29 is 19.0 Å². The summed E-state index contributed by atoms with van der Waals surface area (Å²) in [6, 6.07) is 7.75. The van der Waals surface area contributed by atoms with Gasteiger partial charge < -0.3 is 29.5 Å². The van der Waals surface area contributed by atoms with Crippen LogP contribution in [0.2, 0.25) is 0 Å². The van der Waals surface area contributed by atoms with Crippen LogP contribution in [0.4, 0.5) is 5.69 Å². The van der Waals surface area contributed by atoms with Crippen LogP contribution in [0.25, 0.3) is 0 Å². The first-order valence-corrected chi connectivity index (χ1v) is 9.96. The number of carbonyl (C=O) groups is 1. The molecule has 2 heterocycles. The highest BCUT2D eigenvalue weighted by Gasteiger charge is 2.32. The molecule has 1 saturated heterocycles. The highest BCUT2D eigenvalue weighted by molar-refractivity contribution is 5.94. The molecule has 1 aromatic carbocycles. The number of piperazine rings is 1. The zero-order valence-corrected chi connectivity index (χ0v) is 17.8. The number of aromatic amines is 1. The zero-order valence-electron chi connectivity index (χ0n) is 17.8. The Kier molecular flexibility index (Phi) is 6.49. The zero-order chi connectivity index (χ0) is 21.8. The molecule has 1 N–H and O–H groups in total.